The monoisotopic (exact) mass is 163 g/mol. The first kappa shape index (κ1) is 13.3. The van der Waals surface area contributed by atoms with Crippen LogP contribution in [0, 0.1) is 0 Å². The van der Waals surface area contributed by atoms with Gasteiger partial charge in [0.2, 0.25) is 0 Å². The summed E-state index contributed by atoms with van der Waals surface area (Å²) in [6.45, 7) is 8.30. The summed E-state index contributed by atoms with van der Waals surface area (Å²) in [5, 5.41) is 10.2. The van der Waals surface area contributed by atoms with E-state index in [-0.39, 0.29) is 58.0 Å². The first-order valence-corrected chi connectivity index (χ1v) is 2.61. The smallest absolute Gasteiger partial charge is 0.850 e. The van der Waals surface area contributed by atoms with E-state index in [9.17, 15) is 5.11 Å². The van der Waals surface area contributed by atoms with Crippen LogP contribution < -0.4 is 56.5 Å². The maximum atomic E-state index is 10.2. The molecule has 0 radical (unpaired) electrons. The van der Waals surface area contributed by atoms with Crippen LogP contribution in [0.15, 0.2) is 28.9 Å². The Morgan fingerprint density at radius 3 is 2.30 bits per heavy atom. The summed E-state index contributed by atoms with van der Waals surface area (Å²) in [5.74, 6) is 0. The van der Waals surface area contributed by atoms with Gasteiger partial charge in [0, 0.05) is 5.70 Å². The topological polar surface area (TPSA) is 35.4 Å². The third kappa shape index (κ3) is 6.86. The van der Waals surface area contributed by atoms with Gasteiger partial charge in [0.25, 0.3) is 0 Å². The zero-order valence-electron chi connectivity index (χ0n) is 6.55. The fourth-order valence-electron chi connectivity index (χ4n) is 0.417. The summed E-state index contributed by atoms with van der Waals surface area (Å²) in [6, 6.07) is 0. The van der Waals surface area contributed by atoms with Gasteiger partial charge in [-0.05, 0) is 19.7 Å². The molecule has 2 nitrogen and oxygen atoms in total. The van der Waals surface area contributed by atoms with Crippen molar-refractivity contribution in [2.45, 2.75) is 6.92 Å². The second-order valence-electron chi connectivity index (χ2n) is 1.78. The molecule has 0 aromatic carbocycles. The van der Waals surface area contributed by atoms with Crippen LogP contribution in [0.1, 0.15) is 6.92 Å². The molecule has 0 N–H and O–H groups in total. The van der Waals surface area contributed by atoms with E-state index in [1.54, 1.807) is 13.0 Å². The van der Waals surface area contributed by atoms with Gasteiger partial charge in [-0.15, -0.1) is 0 Å². The number of hydrogen-bond donors (Lipinski definition) is 0. The van der Waals surface area contributed by atoms with Crippen LogP contribution in [0.5, 0.6) is 0 Å². The first-order chi connectivity index (χ1) is 4.20. The molecule has 0 atom stereocenters. The molecule has 0 fully saturated rings. The molecule has 0 aliphatic carbocycles. The molecule has 0 spiro atoms. The Labute approximate surface area is 104 Å². The van der Waals surface area contributed by atoms with E-state index in [1.165, 1.54) is 0 Å². The minimum Gasteiger partial charge on any atom is -0.850 e. The average molecular weight is 163 g/mol. The maximum absolute atomic E-state index is 10.2. The van der Waals surface area contributed by atoms with E-state index in [0.29, 0.717) is 5.70 Å². The Balaban J connectivity index is 0. The zero-order valence-corrected chi connectivity index (χ0v) is 9.68. The number of aliphatic imine (C=N–C) groups is 1. The molecule has 0 aliphatic rings. The fourth-order valence-corrected chi connectivity index (χ4v) is 0.417. The van der Waals surface area contributed by atoms with Crippen LogP contribution >= 0.6 is 0 Å². The molecule has 0 aliphatic heterocycles. The predicted molar refractivity (Wildman–Crippen MR) is 37.3 cm³/mol. The molecule has 0 bridgehead atoms. The summed E-state index contributed by atoms with van der Waals surface area (Å²) < 4.78 is 0. The second kappa shape index (κ2) is 7.85. The van der Waals surface area contributed by atoms with Crippen LogP contribution in [0.4, 0.5) is 0 Å². The molecule has 0 amide bonds. The number of rotatable bonds is 3. The minimum atomic E-state index is -0.323. The van der Waals surface area contributed by atoms with Crippen molar-refractivity contribution in [1.29, 1.82) is 0 Å². The summed E-state index contributed by atoms with van der Waals surface area (Å²) in [6.07, 6.45) is 1.62. The number of allylic oxidation sites excluding steroid dienone is 2. The quantitative estimate of drug-likeness (QED) is 0.258. The van der Waals surface area contributed by atoms with Crippen molar-refractivity contribution >= 4 is 6.72 Å². The molecule has 3 heteroatoms. The molecule has 0 rings (SSSR count). The van der Waals surface area contributed by atoms with Crippen molar-refractivity contribution in [3.63, 3.8) is 0 Å². The molecule has 0 unspecified atom stereocenters. The van der Waals surface area contributed by atoms with Gasteiger partial charge in [0.1, 0.15) is 0 Å². The molecular formula is C7H10KNO. The van der Waals surface area contributed by atoms with Crippen LogP contribution in [-0.2, 0) is 0 Å². The third-order valence-corrected chi connectivity index (χ3v) is 0.764. The molecule has 0 saturated heterocycles. The predicted octanol–water partition coefficient (Wildman–Crippen LogP) is -2.49. The molecular weight excluding hydrogens is 153 g/mol. The molecule has 0 aromatic rings. The number of hydrogen-bond acceptors (Lipinski definition) is 2. The molecule has 0 heterocycles. The summed E-state index contributed by atoms with van der Waals surface area (Å²) >= 11 is 0. The van der Waals surface area contributed by atoms with E-state index >= 15 is 0 Å². The summed E-state index contributed by atoms with van der Waals surface area (Å²) in [7, 11) is 0. The van der Waals surface area contributed by atoms with Crippen LogP contribution in [0.3, 0.4) is 0 Å². The van der Waals surface area contributed by atoms with Crippen molar-refractivity contribution in [2.24, 2.45) is 4.99 Å². The van der Waals surface area contributed by atoms with Gasteiger partial charge in [-0.25, -0.2) is 0 Å². The normalized spacial score (nSPS) is 10.0. The van der Waals surface area contributed by atoms with Gasteiger partial charge in [0.05, 0.1) is 0 Å². The SMILES string of the molecule is C=N/C(=C\C(=C)C)C[O-].[K+]. The van der Waals surface area contributed by atoms with Gasteiger partial charge in [-0.3, -0.25) is 4.99 Å². The van der Waals surface area contributed by atoms with Crippen molar-refractivity contribution in [3.8, 4) is 0 Å². The van der Waals surface area contributed by atoms with Crippen LogP contribution in [0.25, 0.3) is 0 Å². The first-order valence-electron chi connectivity index (χ1n) is 2.61. The number of nitrogens with zero attached hydrogens (tertiary/aromatic N) is 1. The second-order valence-corrected chi connectivity index (χ2v) is 1.78. The van der Waals surface area contributed by atoms with Crippen LogP contribution in [0.2, 0.25) is 0 Å². The van der Waals surface area contributed by atoms with Crippen LogP contribution in [-0.4, -0.2) is 13.3 Å². The molecule has 0 aromatic heterocycles. The largest absolute Gasteiger partial charge is 1.00 e. The average Bonchev–Trinajstić information content (AvgIpc) is 1.82. The fraction of sp³-hybridized carbons (Fsp3) is 0.286. The van der Waals surface area contributed by atoms with Gasteiger partial charge >= 0.3 is 51.4 Å². The summed E-state index contributed by atoms with van der Waals surface area (Å²) in [5.41, 5.74) is 1.27. The molecule has 0 saturated carbocycles. The van der Waals surface area contributed by atoms with Gasteiger partial charge in [-0.2, -0.15) is 0 Å². The van der Waals surface area contributed by atoms with E-state index < -0.39 is 0 Å². The van der Waals surface area contributed by atoms with Crippen molar-refractivity contribution in [1.82, 2.24) is 0 Å². The van der Waals surface area contributed by atoms with E-state index in [2.05, 4.69) is 18.3 Å². The zero-order chi connectivity index (χ0) is 7.28. The minimum absolute atomic E-state index is 0. The summed E-state index contributed by atoms with van der Waals surface area (Å²) in [4.78, 5) is 3.48. The molecule has 50 valence electrons. The Morgan fingerprint density at radius 2 is 2.20 bits per heavy atom. The molecule has 10 heavy (non-hydrogen) atoms. The maximum Gasteiger partial charge on any atom is 1.00 e. The van der Waals surface area contributed by atoms with E-state index in [0.717, 1.165) is 5.57 Å². The van der Waals surface area contributed by atoms with Crippen molar-refractivity contribution < 1.29 is 56.5 Å². The van der Waals surface area contributed by atoms with Gasteiger partial charge in [-0.1, -0.05) is 18.8 Å². The van der Waals surface area contributed by atoms with E-state index in [4.69, 9.17) is 0 Å². The Kier molecular flexibility index (Phi) is 10.5. The van der Waals surface area contributed by atoms with Gasteiger partial charge < -0.3 is 5.11 Å². The third-order valence-electron chi connectivity index (χ3n) is 0.764. The van der Waals surface area contributed by atoms with Crippen molar-refractivity contribution in [3.05, 3.63) is 23.9 Å². The standard InChI is InChI=1S/C7H10NO.K/c1-6(2)4-7(5-9)8-3;/h4H,1,3,5H2,2H3;/q-1;+1/b7-4-;. The van der Waals surface area contributed by atoms with Crippen molar-refractivity contribution in [2.75, 3.05) is 6.61 Å². The van der Waals surface area contributed by atoms with Gasteiger partial charge in [0.15, 0.2) is 0 Å². The Morgan fingerprint density at radius 1 is 1.70 bits per heavy atom. The Bertz CT molecular complexity index is 152. The Hall–Kier alpha value is 0.746. The van der Waals surface area contributed by atoms with E-state index in [1.807, 2.05) is 0 Å².